The number of carbonyl (C=O) groups excluding carboxylic acids is 1. The number of likely N-dealkylation sites (tertiary alicyclic amines) is 1. The Balaban J connectivity index is 1.72. The van der Waals surface area contributed by atoms with E-state index in [0.717, 1.165) is 0 Å². The topological polar surface area (TPSA) is 79.2 Å². The molecule has 2 aliphatic rings. The molecule has 8 nitrogen and oxygen atoms in total. The number of hydrogen-bond donors (Lipinski definition) is 0. The van der Waals surface area contributed by atoms with Gasteiger partial charge in [-0.1, -0.05) is 0 Å². The maximum Gasteiger partial charge on any atom is 0.258 e. The molecule has 0 atom stereocenters. The average Bonchev–Trinajstić information content (AvgIpc) is 3.17. The molecule has 4 rings (SSSR count). The van der Waals surface area contributed by atoms with Crippen LogP contribution in [0.15, 0.2) is 23.1 Å². The van der Waals surface area contributed by atoms with Gasteiger partial charge < -0.3 is 28.4 Å². The second-order valence-corrected chi connectivity index (χ2v) is 7.11. The van der Waals surface area contributed by atoms with Crippen LogP contribution in [0.1, 0.15) is 23.2 Å². The monoisotopic (exact) mass is 388 g/mol. The van der Waals surface area contributed by atoms with Gasteiger partial charge in [-0.15, -0.1) is 0 Å². The first-order valence-electron chi connectivity index (χ1n) is 9.30. The molecule has 2 aliphatic heterocycles. The molecular formula is C20H24N2O6. The molecule has 1 amide bonds. The van der Waals surface area contributed by atoms with Crippen LogP contribution in [0.2, 0.25) is 0 Å². The molecule has 0 N–H and O–H groups in total. The third-order valence-corrected chi connectivity index (χ3v) is 5.54. The fourth-order valence-electron chi connectivity index (χ4n) is 3.97. The molecule has 1 spiro atoms. The third-order valence-electron chi connectivity index (χ3n) is 5.54. The van der Waals surface area contributed by atoms with Gasteiger partial charge in [0, 0.05) is 44.6 Å². The predicted octanol–water partition coefficient (Wildman–Crippen LogP) is 1.53. The highest BCUT2D eigenvalue weighted by Gasteiger charge is 2.41. The van der Waals surface area contributed by atoms with Crippen LogP contribution in [-0.4, -0.2) is 61.7 Å². The number of ether oxygens (including phenoxy) is 4. The number of aromatic nitrogens is 1. The van der Waals surface area contributed by atoms with E-state index in [4.69, 9.17) is 18.9 Å². The van der Waals surface area contributed by atoms with Gasteiger partial charge in [0.1, 0.15) is 0 Å². The van der Waals surface area contributed by atoms with Gasteiger partial charge in [0.25, 0.3) is 11.5 Å². The Bertz CT molecular complexity index is 967. The van der Waals surface area contributed by atoms with E-state index in [1.165, 1.54) is 18.8 Å². The number of pyridine rings is 1. The summed E-state index contributed by atoms with van der Waals surface area (Å²) < 4.78 is 23.6. The molecule has 1 aromatic heterocycles. The van der Waals surface area contributed by atoms with Gasteiger partial charge in [0.15, 0.2) is 17.3 Å². The first-order chi connectivity index (χ1) is 13.5. The summed E-state index contributed by atoms with van der Waals surface area (Å²) in [6, 6.07) is 3.32. The van der Waals surface area contributed by atoms with Crippen LogP contribution in [0.5, 0.6) is 11.5 Å². The predicted molar refractivity (Wildman–Crippen MR) is 102 cm³/mol. The van der Waals surface area contributed by atoms with Crippen LogP contribution in [0.25, 0.3) is 10.8 Å². The van der Waals surface area contributed by atoms with Crippen molar-refractivity contribution >= 4 is 16.7 Å². The van der Waals surface area contributed by atoms with Crippen LogP contribution in [0.3, 0.4) is 0 Å². The highest BCUT2D eigenvalue weighted by molar-refractivity contribution is 6.07. The molecule has 0 saturated carbocycles. The van der Waals surface area contributed by atoms with E-state index in [9.17, 15) is 9.59 Å². The normalized spacial score (nSPS) is 18.6. The second kappa shape index (κ2) is 7.10. The zero-order valence-electron chi connectivity index (χ0n) is 16.3. The summed E-state index contributed by atoms with van der Waals surface area (Å²) in [6.07, 6.45) is 2.87. The molecule has 28 heavy (non-hydrogen) atoms. The second-order valence-electron chi connectivity index (χ2n) is 7.11. The smallest absolute Gasteiger partial charge is 0.258 e. The molecule has 0 unspecified atom stereocenters. The molecule has 2 saturated heterocycles. The van der Waals surface area contributed by atoms with E-state index >= 15 is 0 Å². The Morgan fingerprint density at radius 1 is 1.04 bits per heavy atom. The van der Waals surface area contributed by atoms with Crippen molar-refractivity contribution in [1.29, 1.82) is 0 Å². The van der Waals surface area contributed by atoms with Gasteiger partial charge in [0.05, 0.1) is 38.4 Å². The quantitative estimate of drug-likeness (QED) is 0.794. The Morgan fingerprint density at radius 2 is 1.61 bits per heavy atom. The summed E-state index contributed by atoms with van der Waals surface area (Å²) in [5, 5.41) is 0.973. The standard InChI is InChI=1S/C20H24N2O6/c1-21-12-15(13-10-16(25-2)17(26-3)11-14(13)18(21)23)19(24)22-6-4-20(5-7-22)27-8-9-28-20/h10-12H,4-9H2,1-3H3. The number of fused-ring (bicyclic) bond motifs is 1. The molecule has 2 fully saturated rings. The Hall–Kier alpha value is -2.58. The van der Waals surface area contributed by atoms with Gasteiger partial charge in [0.2, 0.25) is 0 Å². The van der Waals surface area contributed by atoms with E-state index in [0.29, 0.717) is 67.0 Å². The lowest BCUT2D eigenvalue weighted by molar-refractivity contribution is -0.181. The van der Waals surface area contributed by atoms with Crippen molar-refractivity contribution in [3.63, 3.8) is 0 Å². The molecule has 0 bridgehead atoms. The number of rotatable bonds is 3. The van der Waals surface area contributed by atoms with Crippen molar-refractivity contribution in [2.24, 2.45) is 7.05 Å². The maximum absolute atomic E-state index is 13.3. The molecule has 8 heteroatoms. The van der Waals surface area contributed by atoms with Gasteiger partial charge in [-0.2, -0.15) is 0 Å². The number of methoxy groups -OCH3 is 2. The number of carbonyl (C=O) groups is 1. The zero-order valence-corrected chi connectivity index (χ0v) is 16.3. The van der Waals surface area contributed by atoms with Crippen molar-refractivity contribution in [3.05, 3.63) is 34.2 Å². The number of benzene rings is 1. The number of nitrogens with zero attached hydrogens (tertiary/aromatic N) is 2. The average molecular weight is 388 g/mol. The Kier molecular flexibility index (Phi) is 4.76. The highest BCUT2D eigenvalue weighted by atomic mass is 16.7. The molecule has 0 radical (unpaired) electrons. The van der Waals surface area contributed by atoms with E-state index in [1.807, 2.05) is 0 Å². The van der Waals surface area contributed by atoms with Gasteiger partial charge >= 0.3 is 0 Å². The van der Waals surface area contributed by atoms with Crippen molar-refractivity contribution < 1.29 is 23.7 Å². The van der Waals surface area contributed by atoms with Crippen molar-refractivity contribution in [2.75, 3.05) is 40.5 Å². The van der Waals surface area contributed by atoms with Crippen LogP contribution in [0.4, 0.5) is 0 Å². The first kappa shape index (κ1) is 18.8. The number of piperidine rings is 1. The van der Waals surface area contributed by atoms with Crippen molar-refractivity contribution in [2.45, 2.75) is 18.6 Å². The highest BCUT2D eigenvalue weighted by Crippen LogP contribution is 2.34. The van der Waals surface area contributed by atoms with E-state index in [-0.39, 0.29) is 11.5 Å². The maximum atomic E-state index is 13.3. The minimum absolute atomic E-state index is 0.124. The molecule has 1 aromatic carbocycles. The molecule has 2 aromatic rings. The minimum Gasteiger partial charge on any atom is -0.493 e. The van der Waals surface area contributed by atoms with E-state index in [2.05, 4.69) is 0 Å². The van der Waals surface area contributed by atoms with Crippen molar-refractivity contribution in [3.8, 4) is 11.5 Å². The van der Waals surface area contributed by atoms with E-state index < -0.39 is 5.79 Å². The van der Waals surface area contributed by atoms with Gasteiger partial charge in [-0.3, -0.25) is 9.59 Å². The third kappa shape index (κ3) is 3.02. The number of aryl methyl sites for hydroxylation is 1. The Labute approximate surface area is 162 Å². The van der Waals surface area contributed by atoms with Crippen LogP contribution < -0.4 is 15.0 Å². The van der Waals surface area contributed by atoms with Crippen LogP contribution in [-0.2, 0) is 16.5 Å². The summed E-state index contributed by atoms with van der Waals surface area (Å²) in [5.41, 5.74) is 0.264. The first-order valence-corrected chi connectivity index (χ1v) is 9.30. The summed E-state index contributed by atoms with van der Waals surface area (Å²) in [7, 11) is 4.68. The lowest BCUT2D eigenvalue weighted by atomic mass is 10.0. The molecule has 150 valence electrons. The summed E-state index contributed by atoms with van der Waals surface area (Å²) in [5.74, 6) is 0.259. The lowest BCUT2D eigenvalue weighted by Crippen LogP contribution is -2.47. The van der Waals surface area contributed by atoms with Crippen LogP contribution >= 0.6 is 0 Å². The van der Waals surface area contributed by atoms with Gasteiger partial charge in [-0.25, -0.2) is 0 Å². The van der Waals surface area contributed by atoms with Crippen molar-refractivity contribution in [1.82, 2.24) is 9.47 Å². The fourth-order valence-corrected chi connectivity index (χ4v) is 3.97. The molecule has 3 heterocycles. The summed E-state index contributed by atoms with van der Waals surface area (Å²) in [6.45, 7) is 2.27. The SMILES string of the molecule is COc1cc2c(C(=O)N3CCC4(CC3)OCCO4)cn(C)c(=O)c2cc1OC. The zero-order chi connectivity index (χ0) is 19.9. The van der Waals surface area contributed by atoms with Crippen LogP contribution in [0, 0.1) is 0 Å². The lowest BCUT2D eigenvalue weighted by Gasteiger charge is -2.37. The number of hydrogen-bond acceptors (Lipinski definition) is 6. The van der Waals surface area contributed by atoms with E-state index in [1.54, 1.807) is 30.3 Å². The minimum atomic E-state index is -0.543. The Morgan fingerprint density at radius 3 is 2.18 bits per heavy atom. The summed E-state index contributed by atoms with van der Waals surface area (Å²) >= 11 is 0. The molecule has 0 aliphatic carbocycles. The summed E-state index contributed by atoms with van der Waals surface area (Å²) in [4.78, 5) is 27.7. The largest absolute Gasteiger partial charge is 0.493 e. The fraction of sp³-hybridized carbons (Fsp3) is 0.500. The van der Waals surface area contributed by atoms with Gasteiger partial charge in [-0.05, 0) is 12.1 Å². The number of amides is 1. The molecular weight excluding hydrogens is 364 g/mol.